The van der Waals surface area contributed by atoms with Gasteiger partial charge < -0.3 is 30.6 Å². The molecule has 0 saturated carbocycles. The van der Waals surface area contributed by atoms with E-state index in [1.807, 2.05) is 0 Å². The quantitative estimate of drug-likeness (QED) is 0.305. The molecular formula is C23H28Cl2N6O5. The fourth-order valence-corrected chi connectivity index (χ4v) is 4.19. The monoisotopic (exact) mass is 538 g/mol. The number of allylic oxidation sites excluding steroid dienone is 1. The van der Waals surface area contributed by atoms with Gasteiger partial charge in [0.05, 0.1) is 59.7 Å². The smallest absolute Gasteiger partial charge is 0.336 e. The summed E-state index contributed by atoms with van der Waals surface area (Å²) in [7, 11) is 2.95. The number of benzene rings is 1. The van der Waals surface area contributed by atoms with Crippen LogP contribution < -0.4 is 16.4 Å². The third-order valence-corrected chi connectivity index (χ3v) is 6.24. The summed E-state index contributed by atoms with van der Waals surface area (Å²) in [6.07, 6.45) is 0. The lowest BCUT2D eigenvalue weighted by Crippen LogP contribution is -2.35. The molecule has 1 aliphatic rings. The van der Waals surface area contributed by atoms with E-state index in [1.165, 1.54) is 11.8 Å². The molecule has 11 nitrogen and oxygen atoms in total. The average Bonchev–Trinajstić information content (AvgIpc) is 3.16. The van der Waals surface area contributed by atoms with Gasteiger partial charge in [0, 0.05) is 19.3 Å². The SMILES string of the molecule is CCOC(=O)C1=C(COCCNc2nc(N)n(C)n2)NC(C)=C(C(=O)OC)C1c1cccc(Cl)c1Cl. The van der Waals surface area contributed by atoms with Crippen LogP contribution in [-0.2, 0) is 30.8 Å². The van der Waals surface area contributed by atoms with Crippen molar-refractivity contribution in [1.29, 1.82) is 0 Å². The van der Waals surface area contributed by atoms with E-state index in [9.17, 15) is 9.59 Å². The Morgan fingerprint density at radius 2 is 2.00 bits per heavy atom. The fraction of sp³-hybridized carbons (Fsp3) is 0.391. The molecule has 0 fully saturated rings. The number of carbonyl (C=O) groups is 2. The number of esters is 2. The highest BCUT2D eigenvalue weighted by Gasteiger charge is 2.40. The highest BCUT2D eigenvalue weighted by molar-refractivity contribution is 6.42. The Labute approximate surface area is 218 Å². The molecule has 1 aliphatic heterocycles. The fourth-order valence-electron chi connectivity index (χ4n) is 3.78. The molecule has 2 heterocycles. The zero-order valence-electron chi connectivity index (χ0n) is 20.4. The lowest BCUT2D eigenvalue weighted by Gasteiger charge is -2.31. The second-order valence-corrected chi connectivity index (χ2v) is 8.53. The summed E-state index contributed by atoms with van der Waals surface area (Å²) in [4.78, 5) is 30.1. The second kappa shape index (κ2) is 12.1. The van der Waals surface area contributed by atoms with Crippen LogP contribution in [0.2, 0.25) is 10.0 Å². The number of carbonyl (C=O) groups excluding carboxylic acids is 2. The first-order valence-electron chi connectivity index (χ1n) is 11.1. The molecule has 1 unspecified atom stereocenters. The van der Waals surface area contributed by atoms with Crippen molar-refractivity contribution in [1.82, 2.24) is 20.1 Å². The predicted octanol–water partition coefficient (Wildman–Crippen LogP) is 2.78. The van der Waals surface area contributed by atoms with E-state index in [0.29, 0.717) is 29.5 Å². The number of hydrogen-bond acceptors (Lipinski definition) is 10. The first-order chi connectivity index (χ1) is 17.2. The van der Waals surface area contributed by atoms with Gasteiger partial charge in [-0.15, -0.1) is 5.10 Å². The topological polar surface area (TPSA) is 143 Å². The number of ether oxygens (including phenoxy) is 3. The minimum atomic E-state index is -0.888. The van der Waals surface area contributed by atoms with Crippen LogP contribution in [0.5, 0.6) is 0 Å². The Balaban J connectivity index is 1.92. The largest absolute Gasteiger partial charge is 0.466 e. The first-order valence-corrected chi connectivity index (χ1v) is 11.8. The highest BCUT2D eigenvalue weighted by Crippen LogP contribution is 2.43. The van der Waals surface area contributed by atoms with Crippen molar-refractivity contribution < 1.29 is 23.8 Å². The van der Waals surface area contributed by atoms with Crippen molar-refractivity contribution in [3.8, 4) is 0 Å². The molecule has 1 aromatic carbocycles. The maximum absolute atomic E-state index is 13.2. The number of nitrogens with zero attached hydrogens (tertiary/aromatic N) is 3. The molecule has 1 atom stereocenters. The molecular weight excluding hydrogens is 511 g/mol. The zero-order chi connectivity index (χ0) is 26.4. The van der Waals surface area contributed by atoms with Crippen LogP contribution >= 0.6 is 23.2 Å². The number of aryl methyl sites for hydroxylation is 1. The van der Waals surface area contributed by atoms with Gasteiger partial charge in [-0.1, -0.05) is 35.3 Å². The number of nitrogens with two attached hydrogens (primary N) is 1. The van der Waals surface area contributed by atoms with Gasteiger partial charge in [-0.3, -0.25) is 0 Å². The molecule has 0 spiro atoms. The second-order valence-electron chi connectivity index (χ2n) is 7.74. The summed E-state index contributed by atoms with van der Waals surface area (Å²) >= 11 is 12.8. The molecule has 194 valence electrons. The molecule has 0 bridgehead atoms. The number of dihydropyridines is 1. The maximum atomic E-state index is 13.2. The number of rotatable bonds is 10. The lowest BCUT2D eigenvalue weighted by atomic mass is 9.80. The minimum absolute atomic E-state index is 0.0219. The van der Waals surface area contributed by atoms with Crippen LogP contribution in [0.3, 0.4) is 0 Å². The first kappa shape index (κ1) is 27.3. The Kier molecular flexibility index (Phi) is 9.19. The van der Waals surface area contributed by atoms with Gasteiger partial charge >= 0.3 is 11.9 Å². The van der Waals surface area contributed by atoms with Gasteiger partial charge in [-0.05, 0) is 25.5 Å². The summed E-state index contributed by atoms with van der Waals surface area (Å²) in [6, 6.07) is 5.02. The van der Waals surface area contributed by atoms with Crippen molar-refractivity contribution in [2.45, 2.75) is 19.8 Å². The summed E-state index contributed by atoms with van der Waals surface area (Å²) in [5, 5.41) is 10.7. The van der Waals surface area contributed by atoms with E-state index in [4.69, 9.17) is 43.1 Å². The molecule has 0 radical (unpaired) electrons. The van der Waals surface area contributed by atoms with Gasteiger partial charge in [-0.25, -0.2) is 14.3 Å². The van der Waals surface area contributed by atoms with Crippen molar-refractivity contribution in [2.75, 3.05) is 44.5 Å². The van der Waals surface area contributed by atoms with Crippen LogP contribution in [0.15, 0.2) is 40.7 Å². The third kappa shape index (κ3) is 5.92. The molecule has 0 aliphatic carbocycles. The maximum Gasteiger partial charge on any atom is 0.336 e. The molecule has 4 N–H and O–H groups in total. The van der Waals surface area contributed by atoms with Crippen LogP contribution in [0.25, 0.3) is 0 Å². The summed E-state index contributed by atoms with van der Waals surface area (Å²) in [5.41, 5.74) is 7.46. The van der Waals surface area contributed by atoms with Crippen LogP contribution in [0, 0.1) is 0 Å². The number of methoxy groups -OCH3 is 1. The van der Waals surface area contributed by atoms with E-state index in [0.717, 1.165) is 0 Å². The van der Waals surface area contributed by atoms with Gasteiger partial charge in [0.2, 0.25) is 11.9 Å². The van der Waals surface area contributed by atoms with Crippen molar-refractivity contribution >= 4 is 47.0 Å². The molecule has 36 heavy (non-hydrogen) atoms. The standard InChI is InChI=1S/C23H28Cl2N6O5/c1-5-36-21(33)18-15(11-35-10-9-27-23-29-22(26)31(3)30-23)28-12(2)16(20(32)34-4)17(18)13-7-6-8-14(24)19(13)25/h6-8,17,28H,5,9-11H2,1-4H3,(H3,26,27,29,30). The molecule has 3 rings (SSSR count). The molecule has 2 aromatic rings. The minimum Gasteiger partial charge on any atom is -0.466 e. The Bertz CT molecular complexity index is 1190. The molecule has 0 saturated heterocycles. The van der Waals surface area contributed by atoms with Gasteiger partial charge in [-0.2, -0.15) is 4.98 Å². The van der Waals surface area contributed by atoms with E-state index in [2.05, 4.69) is 20.7 Å². The molecule has 0 amide bonds. The van der Waals surface area contributed by atoms with E-state index in [1.54, 1.807) is 39.1 Å². The average molecular weight is 539 g/mol. The zero-order valence-corrected chi connectivity index (χ0v) is 21.9. The number of nitrogen functional groups attached to an aromatic ring is 1. The Hall–Kier alpha value is -3.28. The van der Waals surface area contributed by atoms with E-state index in [-0.39, 0.29) is 47.0 Å². The van der Waals surface area contributed by atoms with Crippen LogP contribution in [0.4, 0.5) is 11.9 Å². The van der Waals surface area contributed by atoms with Gasteiger partial charge in [0.1, 0.15) is 0 Å². The van der Waals surface area contributed by atoms with Crippen molar-refractivity contribution in [3.05, 3.63) is 56.3 Å². The van der Waals surface area contributed by atoms with E-state index >= 15 is 0 Å². The van der Waals surface area contributed by atoms with Gasteiger partial charge in [0.15, 0.2) is 0 Å². The predicted molar refractivity (Wildman–Crippen MR) is 135 cm³/mol. The normalized spacial score (nSPS) is 15.6. The van der Waals surface area contributed by atoms with Gasteiger partial charge in [0.25, 0.3) is 0 Å². The Morgan fingerprint density at radius 3 is 2.64 bits per heavy atom. The summed E-state index contributed by atoms with van der Waals surface area (Å²) in [6.45, 7) is 4.20. The summed E-state index contributed by atoms with van der Waals surface area (Å²) < 4.78 is 17.6. The van der Waals surface area contributed by atoms with Crippen LogP contribution in [0.1, 0.15) is 25.3 Å². The van der Waals surface area contributed by atoms with Crippen molar-refractivity contribution in [3.63, 3.8) is 0 Å². The number of hydrogen-bond donors (Lipinski definition) is 3. The van der Waals surface area contributed by atoms with Crippen LogP contribution in [-0.4, -0.2) is 60.2 Å². The van der Waals surface area contributed by atoms with Crippen molar-refractivity contribution in [2.24, 2.45) is 7.05 Å². The summed E-state index contributed by atoms with van der Waals surface area (Å²) in [5.74, 6) is -1.47. The number of anilines is 2. The Morgan fingerprint density at radius 1 is 1.25 bits per heavy atom. The lowest BCUT2D eigenvalue weighted by molar-refractivity contribution is -0.139. The number of nitrogens with one attached hydrogen (secondary N) is 2. The number of aromatic nitrogens is 3. The third-order valence-electron chi connectivity index (χ3n) is 5.41. The number of halogens is 2. The molecule has 1 aromatic heterocycles. The van der Waals surface area contributed by atoms with E-state index < -0.39 is 17.9 Å². The molecule has 13 heteroatoms. The highest BCUT2D eigenvalue weighted by atomic mass is 35.5.